The van der Waals surface area contributed by atoms with Gasteiger partial charge in [0.2, 0.25) is 29.5 Å². The molecule has 176 valence electrons. The maximum Gasteiger partial charge on any atom is 0.326 e. The molecule has 0 aliphatic heterocycles. The molecule has 0 aliphatic rings. The maximum atomic E-state index is 12.5. The van der Waals surface area contributed by atoms with Crippen LogP contribution >= 0.6 is 12.6 Å². The van der Waals surface area contributed by atoms with Crippen LogP contribution in [0.25, 0.3) is 0 Å². The highest BCUT2D eigenvalue weighted by Gasteiger charge is 2.32. The Labute approximate surface area is 184 Å². The van der Waals surface area contributed by atoms with Gasteiger partial charge in [-0.2, -0.15) is 12.6 Å². The van der Waals surface area contributed by atoms with Crippen molar-refractivity contribution in [1.82, 2.24) is 16.0 Å². The second kappa shape index (κ2) is 13.4. The van der Waals surface area contributed by atoms with Crippen LogP contribution in [0, 0.1) is 5.92 Å². The van der Waals surface area contributed by atoms with E-state index in [-0.39, 0.29) is 5.75 Å². The van der Waals surface area contributed by atoms with Crippen LogP contribution < -0.4 is 33.2 Å². The van der Waals surface area contributed by atoms with Crippen LogP contribution in [0.5, 0.6) is 0 Å². The number of hydrogen-bond acceptors (Lipinski definition) is 8. The molecule has 5 amide bonds. The van der Waals surface area contributed by atoms with Gasteiger partial charge >= 0.3 is 5.97 Å². The number of hydrogen-bond donors (Lipinski definition) is 8. The average molecular weight is 463 g/mol. The molecule has 0 spiro atoms. The Morgan fingerprint density at radius 3 is 1.77 bits per heavy atom. The zero-order chi connectivity index (χ0) is 24.3. The second-order valence-corrected chi connectivity index (χ2v) is 7.33. The first kappa shape index (κ1) is 28.1. The summed E-state index contributed by atoms with van der Waals surface area (Å²) in [7, 11) is 0. The van der Waals surface area contributed by atoms with Crippen molar-refractivity contribution in [3.8, 4) is 0 Å². The van der Waals surface area contributed by atoms with Crippen molar-refractivity contribution in [2.75, 3.05) is 5.75 Å². The van der Waals surface area contributed by atoms with E-state index >= 15 is 0 Å². The lowest BCUT2D eigenvalue weighted by Gasteiger charge is -2.25. The normalized spacial score (nSPS) is 15.5. The molecule has 5 unspecified atom stereocenters. The van der Waals surface area contributed by atoms with Gasteiger partial charge in [0.05, 0.1) is 18.9 Å². The summed E-state index contributed by atoms with van der Waals surface area (Å²) in [5.74, 6) is -6.35. The topological polar surface area (TPSA) is 237 Å². The minimum atomic E-state index is -1.49. The highest BCUT2D eigenvalue weighted by Crippen LogP contribution is 2.09. The predicted octanol–water partition coefficient (Wildman–Crippen LogP) is -3.42. The number of nitrogens with two attached hydrogens (primary N) is 3. The molecule has 0 aliphatic carbocycles. The van der Waals surface area contributed by atoms with E-state index < -0.39 is 78.4 Å². The third-order valence-corrected chi connectivity index (χ3v) is 4.75. The zero-order valence-electron chi connectivity index (χ0n) is 17.3. The first-order valence-corrected chi connectivity index (χ1v) is 10.0. The lowest BCUT2D eigenvalue weighted by molar-refractivity contribution is -0.144. The second-order valence-electron chi connectivity index (χ2n) is 6.96. The Kier molecular flexibility index (Phi) is 12.2. The number of primary amides is 2. The molecule has 0 fully saturated rings. The predicted molar refractivity (Wildman–Crippen MR) is 112 cm³/mol. The molecule has 0 aromatic carbocycles. The smallest absolute Gasteiger partial charge is 0.326 e. The van der Waals surface area contributed by atoms with Gasteiger partial charge in [0, 0.05) is 5.75 Å². The number of carbonyl (C=O) groups is 6. The Hall–Kier alpha value is -2.87. The van der Waals surface area contributed by atoms with Crippen LogP contribution in [0.3, 0.4) is 0 Å². The molecular formula is C17H30N6O7S. The molecule has 0 bridgehead atoms. The number of carboxylic acid groups (broad SMARTS) is 1. The zero-order valence-corrected chi connectivity index (χ0v) is 18.2. The summed E-state index contributed by atoms with van der Waals surface area (Å²) >= 11 is 3.96. The molecular weight excluding hydrogens is 432 g/mol. The fourth-order valence-electron chi connectivity index (χ4n) is 2.40. The van der Waals surface area contributed by atoms with E-state index in [4.69, 9.17) is 17.2 Å². The Balaban J connectivity index is 5.34. The van der Waals surface area contributed by atoms with E-state index in [9.17, 15) is 33.9 Å². The molecule has 13 nitrogen and oxygen atoms in total. The number of rotatable bonds is 14. The summed E-state index contributed by atoms with van der Waals surface area (Å²) < 4.78 is 0. The average Bonchev–Trinajstić information content (AvgIpc) is 2.67. The Morgan fingerprint density at radius 1 is 0.871 bits per heavy atom. The van der Waals surface area contributed by atoms with Crippen molar-refractivity contribution >= 4 is 48.1 Å². The number of amides is 5. The summed E-state index contributed by atoms with van der Waals surface area (Å²) in [5.41, 5.74) is 15.6. The van der Waals surface area contributed by atoms with Crippen molar-refractivity contribution in [1.29, 1.82) is 0 Å². The van der Waals surface area contributed by atoms with Crippen molar-refractivity contribution in [3.63, 3.8) is 0 Å². The SMILES string of the molecule is CCC(C)C(NC(=O)C(CC(N)=O)NC(=O)C(CS)NC(=O)C(N)CC(N)=O)C(=O)O. The van der Waals surface area contributed by atoms with E-state index in [0.717, 1.165) is 0 Å². The van der Waals surface area contributed by atoms with Crippen LogP contribution in [0.15, 0.2) is 0 Å². The van der Waals surface area contributed by atoms with Gasteiger partial charge in [0.1, 0.15) is 18.1 Å². The van der Waals surface area contributed by atoms with E-state index in [1.807, 2.05) is 0 Å². The van der Waals surface area contributed by atoms with Crippen molar-refractivity contribution in [3.05, 3.63) is 0 Å². The number of carboxylic acids is 1. The lowest BCUT2D eigenvalue weighted by Crippen LogP contribution is -2.59. The summed E-state index contributed by atoms with van der Waals surface area (Å²) in [6.07, 6.45) is -0.617. The summed E-state index contributed by atoms with van der Waals surface area (Å²) in [6.45, 7) is 3.35. The lowest BCUT2D eigenvalue weighted by atomic mass is 9.98. The van der Waals surface area contributed by atoms with Gasteiger partial charge in [-0.15, -0.1) is 0 Å². The van der Waals surface area contributed by atoms with Gasteiger partial charge < -0.3 is 38.3 Å². The highest BCUT2D eigenvalue weighted by atomic mass is 32.1. The van der Waals surface area contributed by atoms with E-state index in [2.05, 4.69) is 28.6 Å². The summed E-state index contributed by atoms with van der Waals surface area (Å²) in [4.78, 5) is 70.7. The van der Waals surface area contributed by atoms with Gasteiger partial charge in [-0.05, 0) is 5.92 Å². The molecule has 0 aromatic heterocycles. The molecule has 5 atom stereocenters. The maximum absolute atomic E-state index is 12.5. The van der Waals surface area contributed by atoms with Gasteiger partial charge in [-0.1, -0.05) is 20.3 Å². The monoisotopic (exact) mass is 462 g/mol. The molecule has 31 heavy (non-hydrogen) atoms. The van der Waals surface area contributed by atoms with Gasteiger partial charge in [0.15, 0.2) is 0 Å². The molecule has 0 heterocycles. The third kappa shape index (κ3) is 10.1. The molecule has 0 aromatic rings. The molecule has 0 rings (SSSR count). The first-order valence-electron chi connectivity index (χ1n) is 9.40. The van der Waals surface area contributed by atoms with Crippen LogP contribution in [-0.4, -0.2) is 70.5 Å². The van der Waals surface area contributed by atoms with Gasteiger partial charge in [-0.3, -0.25) is 24.0 Å². The molecule has 14 heteroatoms. The van der Waals surface area contributed by atoms with E-state index in [0.29, 0.717) is 6.42 Å². The first-order chi connectivity index (χ1) is 14.3. The van der Waals surface area contributed by atoms with Gasteiger partial charge in [0.25, 0.3) is 0 Å². The largest absolute Gasteiger partial charge is 0.480 e. The fourth-order valence-corrected chi connectivity index (χ4v) is 2.66. The Morgan fingerprint density at radius 2 is 1.35 bits per heavy atom. The van der Waals surface area contributed by atoms with Crippen LogP contribution in [0.4, 0.5) is 0 Å². The number of thiol groups is 1. The number of aliphatic carboxylic acids is 1. The fraction of sp³-hybridized carbons (Fsp3) is 0.647. The van der Waals surface area contributed by atoms with Crippen molar-refractivity contribution in [2.45, 2.75) is 57.3 Å². The summed E-state index contributed by atoms with van der Waals surface area (Å²) in [6, 6.07) is -5.32. The molecule has 0 saturated heterocycles. The number of carbonyl (C=O) groups excluding carboxylic acids is 5. The molecule has 0 radical (unpaired) electrons. The van der Waals surface area contributed by atoms with Crippen molar-refractivity contribution in [2.24, 2.45) is 23.1 Å². The van der Waals surface area contributed by atoms with Crippen LogP contribution in [-0.2, 0) is 28.8 Å². The van der Waals surface area contributed by atoms with Crippen LogP contribution in [0.1, 0.15) is 33.1 Å². The van der Waals surface area contributed by atoms with Crippen molar-refractivity contribution < 1.29 is 33.9 Å². The summed E-state index contributed by atoms with van der Waals surface area (Å²) in [5, 5.41) is 16.1. The van der Waals surface area contributed by atoms with E-state index in [1.165, 1.54) is 0 Å². The molecule has 10 N–H and O–H groups in total. The quantitative estimate of drug-likeness (QED) is 0.121. The highest BCUT2D eigenvalue weighted by molar-refractivity contribution is 7.80. The minimum Gasteiger partial charge on any atom is -0.480 e. The van der Waals surface area contributed by atoms with E-state index in [1.54, 1.807) is 13.8 Å². The molecule has 0 saturated carbocycles. The third-order valence-electron chi connectivity index (χ3n) is 4.39. The number of nitrogens with one attached hydrogen (secondary N) is 3. The minimum absolute atomic E-state index is 0.212. The van der Waals surface area contributed by atoms with Gasteiger partial charge in [-0.25, -0.2) is 4.79 Å². The van der Waals surface area contributed by atoms with Crippen LogP contribution in [0.2, 0.25) is 0 Å². The standard InChI is InChI=1S/C17H30N6O7S/c1-3-7(2)13(17(29)30)23-15(27)9(5-12(20)25)21-16(28)10(6-31)22-14(26)8(18)4-11(19)24/h7-10,13,31H,3-6,18H2,1-2H3,(H2,19,24)(H2,20,25)(H,21,28)(H,22,26)(H,23,27)(H,29,30). The Bertz CT molecular complexity index is 704.